The molecule has 3 nitrogen and oxygen atoms in total. The number of ether oxygens (including phenoxy) is 1. The topological polar surface area (TPSA) is 24.5 Å². The summed E-state index contributed by atoms with van der Waals surface area (Å²) in [5.74, 6) is 0. The Kier molecular flexibility index (Phi) is 10.3. The highest BCUT2D eigenvalue weighted by molar-refractivity contribution is 4.55. The molecule has 1 N–H and O–H groups in total. The van der Waals surface area contributed by atoms with Gasteiger partial charge >= 0.3 is 0 Å². The van der Waals surface area contributed by atoms with E-state index in [1.807, 2.05) is 7.05 Å². The molecule has 0 aliphatic heterocycles. The van der Waals surface area contributed by atoms with Crippen LogP contribution >= 0.6 is 0 Å². The van der Waals surface area contributed by atoms with E-state index in [0.29, 0.717) is 6.10 Å². The molecule has 0 saturated heterocycles. The van der Waals surface area contributed by atoms with Crippen LogP contribution in [0.4, 0.5) is 0 Å². The number of likely N-dealkylation sites (N-methyl/N-ethyl adjacent to an activating group) is 1. The summed E-state index contributed by atoms with van der Waals surface area (Å²) in [6.45, 7) is 11.8. The van der Waals surface area contributed by atoms with Crippen molar-refractivity contribution in [2.24, 2.45) is 0 Å². The Morgan fingerprint density at radius 1 is 1.27 bits per heavy atom. The van der Waals surface area contributed by atoms with Crippen LogP contribution in [0.2, 0.25) is 0 Å². The Balaban J connectivity index is 3.33. The van der Waals surface area contributed by atoms with Crippen LogP contribution in [0.15, 0.2) is 0 Å². The van der Waals surface area contributed by atoms with Crippen molar-refractivity contribution in [3.63, 3.8) is 0 Å². The highest BCUT2D eigenvalue weighted by Gasteiger charge is 2.03. The van der Waals surface area contributed by atoms with E-state index < -0.39 is 0 Å². The molecule has 0 aromatic carbocycles. The zero-order chi connectivity index (χ0) is 11.5. The van der Waals surface area contributed by atoms with Gasteiger partial charge in [0.2, 0.25) is 0 Å². The lowest BCUT2D eigenvalue weighted by Gasteiger charge is -2.19. The highest BCUT2D eigenvalue weighted by Crippen LogP contribution is 2.00. The average Bonchev–Trinajstić information content (AvgIpc) is 2.25. The van der Waals surface area contributed by atoms with Crippen LogP contribution in [0, 0.1) is 0 Å². The van der Waals surface area contributed by atoms with Crippen molar-refractivity contribution >= 4 is 0 Å². The summed E-state index contributed by atoms with van der Waals surface area (Å²) in [6.07, 6.45) is 2.75. The molecule has 0 rings (SSSR count). The summed E-state index contributed by atoms with van der Waals surface area (Å²) in [5.41, 5.74) is 0. The smallest absolute Gasteiger partial charge is 0.0597 e. The molecule has 0 amide bonds. The minimum atomic E-state index is 0.397. The van der Waals surface area contributed by atoms with Crippen molar-refractivity contribution in [2.45, 2.75) is 39.7 Å². The number of nitrogens with one attached hydrogen (secondary N) is 1. The Labute approximate surface area is 95.2 Å². The third kappa shape index (κ3) is 8.85. The maximum absolute atomic E-state index is 5.75. The second-order valence-electron chi connectivity index (χ2n) is 3.95. The molecule has 0 radical (unpaired) electrons. The monoisotopic (exact) mass is 216 g/mol. The fraction of sp³-hybridized carbons (Fsp3) is 1.00. The van der Waals surface area contributed by atoms with Crippen molar-refractivity contribution < 1.29 is 4.74 Å². The molecule has 0 aromatic heterocycles. The van der Waals surface area contributed by atoms with E-state index in [-0.39, 0.29) is 0 Å². The maximum atomic E-state index is 5.75. The van der Waals surface area contributed by atoms with Crippen LogP contribution in [-0.2, 0) is 4.74 Å². The molecule has 0 spiro atoms. The molecule has 15 heavy (non-hydrogen) atoms. The molecule has 0 aliphatic carbocycles. The van der Waals surface area contributed by atoms with E-state index in [9.17, 15) is 0 Å². The predicted octanol–water partition coefficient (Wildman–Crippen LogP) is 1.73. The number of nitrogens with zero attached hydrogens (tertiary/aromatic N) is 1. The molecule has 3 heteroatoms. The van der Waals surface area contributed by atoms with Gasteiger partial charge in [-0.05, 0) is 46.4 Å². The Hall–Kier alpha value is -0.120. The van der Waals surface area contributed by atoms with Crippen molar-refractivity contribution in [1.29, 1.82) is 0 Å². The minimum Gasteiger partial charge on any atom is -0.377 e. The normalized spacial score (nSPS) is 13.4. The molecule has 0 saturated carbocycles. The lowest BCUT2D eigenvalue weighted by atomic mass is 10.2. The van der Waals surface area contributed by atoms with Gasteiger partial charge in [-0.3, -0.25) is 0 Å². The summed E-state index contributed by atoms with van der Waals surface area (Å²) >= 11 is 0. The zero-order valence-corrected chi connectivity index (χ0v) is 10.9. The molecule has 92 valence electrons. The highest BCUT2D eigenvalue weighted by atomic mass is 16.5. The largest absolute Gasteiger partial charge is 0.377 e. The molecular weight excluding hydrogens is 188 g/mol. The van der Waals surface area contributed by atoms with Gasteiger partial charge in [-0.1, -0.05) is 13.8 Å². The van der Waals surface area contributed by atoms with Crippen molar-refractivity contribution in [2.75, 3.05) is 39.8 Å². The van der Waals surface area contributed by atoms with Gasteiger partial charge in [-0.15, -0.1) is 0 Å². The van der Waals surface area contributed by atoms with Gasteiger partial charge in [0.25, 0.3) is 0 Å². The molecule has 1 unspecified atom stereocenters. The van der Waals surface area contributed by atoms with E-state index in [1.54, 1.807) is 0 Å². The van der Waals surface area contributed by atoms with Crippen molar-refractivity contribution in [1.82, 2.24) is 10.2 Å². The van der Waals surface area contributed by atoms with Gasteiger partial charge in [0, 0.05) is 6.54 Å². The quantitative estimate of drug-likeness (QED) is 0.563. The van der Waals surface area contributed by atoms with Crippen LogP contribution in [0.1, 0.15) is 33.6 Å². The zero-order valence-electron chi connectivity index (χ0n) is 10.9. The van der Waals surface area contributed by atoms with Crippen LogP contribution in [0.25, 0.3) is 0 Å². The van der Waals surface area contributed by atoms with Gasteiger partial charge in [0.1, 0.15) is 0 Å². The van der Waals surface area contributed by atoms with Crippen LogP contribution < -0.4 is 5.32 Å². The van der Waals surface area contributed by atoms with Gasteiger partial charge < -0.3 is 15.0 Å². The van der Waals surface area contributed by atoms with Gasteiger partial charge in [-0.25, -0.2) is 0 Å². The summed E-state index contributed by atoms with van der Waals surface area (Å²) in [7, 11) is 1.99. The average molecular weight is 216 g/mol. The lowest BCUT2D eigenvalue weighted by Crippen LogP contribution is -2.28. The first kappa shape index (κ1) is 14.9. The van der Waals surface area contributed by atoms with Crippen LogP contribution in [0.5, 0.6) is 0 Å². The van der Waals surface area contributed by atoms with E-state index >= 15 is 0 Å². The van der Waals surface area contributed by atoms with Crippen molar-refractivity contribution in [3.8, 4) is 0 Å². The standard InChI is InChI=1S/C12H28N2O/c1-5-14(6-2)10-11-15-12(3)8-7-9-13-4/h12-13H,5-11H2,1-4H3. The molecule has 1 atom stereocenters. The number of rotatable bonds is 10. The Morgan fingerprint density at radius 3 is 2.47 bits per heavy atom. The van der Waals surface area contributed by atoms with Crippen molar-refractivity contribution in [3.05, 3.63) is 0 Å². The summed E-state index contributed by atoms with van der Waals surface area (Å²) in [5, 5.41) is 3.15. The third-order valence-corrected chi connectivity index (χ3v) is 2.74. The first-order valence-electron chi connectivity index (χ1n) is 6.23. The van der Waals surface area contributed by atoms with E-state index in [1.165, 1.54) is 6.42 Å². The van der Waals surface area contributed by atoms with E-state index in [4.69, 9.17) is 4.74 Å². The predicted molar refractivity (Wildman–Crippen MR) is 66.4 cm³/mol. The van der Waals surface area contributed by atoms with E-state index in [2.05, 4.69) is 31.0 Å². The Morgan fingerprint density at radius 2 is 1.93 bits per heavy atom. The van der Waals surface area contributed by atoms with Crippen LogP contribution in [0.3, 0.4) is 0 Å². The molecule has 0 aliphatic rings. The Bertz CT molecular complexity index is 127. The summed E-state index contributed by atoms with van der Waals surface area (Å²) in [4.78, 5) is 2.39. The summed E-state index contributed by atoms with van der Waals surface area (Å²) < 4.78 is 5.75. The van der Waals surface area contributed by atoms with Gasteiger partial charge in [-0.2, -0.15) is 0 Å². The number of hydrogen-bond acceptors (Lipinski definition) is 3. The first-order valence-corrected chi connectivity index (χ1v) is 6.23. The van der Waals surface area contributed by atoms with Crippen LogP contribution in [-0.4, -0.2) is 50.8 Å². The molecule has 0 aromatic rings. The van der Waals surface area contributed by atoms with Gasteiger partial charge in [0.15, 0.2) is 0 Å². The van der Waals surface area contributed by atoms with E-state index in [0.717, 1.165) is 39.2 Å². The number of hydrogen-bond donors (Lipinski definition) is 1. The molecule has 0 heterocycles. The molecular formula is C12H28N2O. The molecule has 0 bridgehead atoms. The fourth-order valence-corrected chi connectivity index (χ4v) is 1.57. The lowest BCUT2D eigenvalue weighted by molar-refractivity contribution is 0.0442. The van der Waals surface area contributed by atoms with Gasteiger partial charge in [0.05, 0.1) is 12.7 Å². The first-order chi connectivity index (χ1) is 7.24. The fourth-order valence-electron chi connectivity index (χ4n) is 1.57. The minimum absolute atomic E-state index is 0.397. The second-order valence-corrected chi connectivity index (χ2v) is 3.95. The second kappa shape index (κ2) is 10.4. The third-order valence-electron chi connectivity index (χ3n) is 2.74. The SMILES string of the molecule is CCN(CC)CCOC(C)CCCNC. The molecule has 0 fully saturated rings. The maximum Gasteiger partial charge on any atom is 0.0597 e. The summed E-state index contributed by atoms with van der Waals surface area (Å²) in [6, 6.07) is 0.